The minimum Gasteiger partial charge on any atom is -0.444 e. The maximum atomic E-state index is 13.0. The number of oxazole rings is 1. The molecule has 15 heavy (non-hydrogen) atoms. The van der Waals surface area contributed by atoms with E-state index in [1.54, 1.807) is 0 Å². The number of non-ortho nitro benzene ring substituents is 1. The Morgan fingerprint density at radius 1 is 1.40 bits per heavy atom. The summed E-state index contributed by atoms with van der Waals surface area (Å²) in [6.45, 7) is 0. The van der Waals surface area contributed by atoms with Crippen molar-refractivity contribution in [2.24, 2.45) is 0 Å². The lowest BCUT2D eigenvalue weighted by atomic mass is 10.1. The highest BCUT2D eigenvalue weighted by Crippen LogP contribution is 2.24. The normalized spacial score (nSPS) is 10.2. The van der Waals surface area contributed by atoms with Crippen molar-refractivity contribution >= 4 is 5.69 Å². The molecule has 0 saturated carbocycles. The van der Waals surface area contributed by atoms with Gasteiger partial charge in [-0.25, -0.2) is 9.37 Å². The third-order valence-electron chi connectivity index (χ3n) is 1.81. The summed E-state index contributed by atoms with van der Waals surface area (Å²) in [4.78, 5) is 13.4. The number of nitrogens with zero attached hydrogens (tertiary/aromatic N) is 2. The van der Waals surface area contributed by atoms with Gasteiger partial charge in [-0.2, -0.15) is 0 Å². The Labute approximate surface area is 83.3 Å². The van der Waals surface area contributed by atoms with E-state index in [0.717, 1.165) is 12.1 Å². The van der Waals surface area contributed by atoms with E-state index in [2.05, 4.69) is 4.98 Å². The Morgan fingerprint density at radius 2 is 2.20 bits per heavy atom. The Hall–Kier alpha value is -2.24. The van der Waals surface area contributed by atoms with E-state index < -0.39 is 10.7 Å². The maximum Gasteiger partial charge on any atom is 0.273 e. The molecule has 2 aromatic rings. The first kappa shape index (κ1) is 9.32. The molecule has 1 heterocycles. The lowest BCUT2D eigenvalue weighted by Gasteiger charge is -1.97. The second kappa shape index (κ2) is 3.49. The highest BCUT2D eigenvalue weighted by molar-refractivity contribution is 5.60. The average Bonchev–Trinajstić information content (AvgIpc) is 2.69. The molecule has 0 N–H and O–H groups in total. The number of nitro groups is 1. The summed E-state index contributed by atoms with van der Waals surface area (Å²) < 4.78 is 17.9. The maximum absolute atomic E-state index is 13.0. The predicted molar refractivity (Wildman–Crippen MR) is 48.6 cm³/mol. The molecule has 0 amide bonds. The molecular weight excluding hydrogens is 203 g/mol. The summed E-state index contributed by atoms with van der Waals surface area (Å²) in [6.07, 6.45) is 2.53. The fourth-order valence-electron chi connectivity index (χ4n) is 1.18. The zero-order valence-corrected chi connectivity index (χ0v) is 7.38. The van der Waals surface area contributed by atoms with Gasteiger partial charge in [-0.3, -0.25) is 10.1 Å². The smallest absolute Gasteiger partial charge is 0.273 e. The number of nitro benzene ring substituents is 1. The van der Waals surface area contributed by atoms with E-state index in [9.17, 15) is 14.5 Å². The Morgan fingerprint density at radius 3 is 2.80 bits per heavy atom. The van der Waals surface area contributed by atoms with Crippen LogP contribution in [0.5, 0.6) is 0 Å². The molecule has 1 aromatic carbocycles. The van der Waals surface area contributed by atoms with Crippen LogP contribution < -0.4 is 0 Å². The topological polar surface area (TPSA) is 69.2 Å². The van der Waals surface area contributed by atoms with Crippen LogP contribution in [0.4, 0.5) is 10.1 Å². The summed E-state index contributed by atoms with van der Waals surface area (Å²) >= 11 is 0. The Balaban J connectivity index is 2.54. The van der Waals surface area contributed by atoms with Crippen LogP contribution in [0.3, 0.4) is 0 Å². The zero-order valence-electron chi connectivity index (χ0n) is 7.38. The van der Waals surface area contributed by atoms with Gasteiger partial charge in [0, 0.05) is 11.6 Å². The molecule has 0 unspecified atom stereocenters. The van der Waals surface area contributed by atoms with Gasteiger partial charge in [0.25, 0.3) is 5.69 Å². The summed E-state index contributed by atoms with van der Waals surface area (Å²) in [7, 11) is 0. The minimum atomic E-state index is -0.685. The van der Waals surface area contributed by atoms with Crippen molar-refractivity contribution in [3.63, 3.8) is 0 Å². The van der Waals surface area contributed by atoms with Crippen LogP contribution in [-0.4, -0.2) is 9.91 Å². The molecule has 0 fully saturated rings. The first-order valence-corrected chi connectivity index (χ1v) is 4.00. The molecule has 0 aliphatic carbocycles. The fraction of sp³-hybridized carbons (Fsp3) is 0. The molecule has 0 spiro atoms. The number of rotatable bonds is 2. The SMILES string of the molecule is O=[N+]([O-])c1cc(F)cc(-c2cnco2)c1. The van der Waals surface area contributed by atoms with Gasteiger partial charge in [-0.15, -0.1) is 0 Å². The fourth-order valence-corrected chi connectivity index (χ4v) is 1.18. The summed E-state index contributed by atoms with van der Waals surface area (Å²) in [5.41, 5.74) is -0.0272. The van der Waals surface area contributed by atoms with Gasteiger partial charge in [-0.05, 0) is 6.07 Å². The summed E-state index contributed by atoms with van der Waals surface area (Å²) in [5.74, 6) is -0.395. The number of halogens is 1. The van der Waals surface area contributed by atoms with Crippen LogP contribution in [0, 0.1) is 15.9 Å². The molecule has 0 aliphatic heterocycles. The van der Waals surface area contributed by atoms with Crippen molar-refractivity contribution in [1.29, 1.82) is 0 Å². The van der Waals surface area contributed by atoms with Crippen molar-refractivity contribution in [2.45, 2.75) is 0 Å². The van der Waals surface area contributed by atoms with E-state index in [1.807, 2.05) is 0 Å². The minimum absolute atomic E-state index is 0.289. The van der Waals surface area contributed by atoms with Crippen LogP contribution in [0.15, 0.2) is 35.2 Å². The van der Waals surface area contributed by atoms with E-state index in [4.69, 9.17) is 4.42 Å². The van der Waals surface area contributed by atoms with Crippen LogP contribution in [0.25, 0.3) is 11.3 Å². The predicted octanol–water partition coefficient (Wildman–Crippen LogP) is 2.39. The van der Waals surface area contributed by atoms with Crippen molar-refractivity contribution in [3.05, 3.63) is 46.7 Å². The average molecular weight is 208 g/mol. The van der Waals surface area contributed by atoms with E-state index in [1.165, 1.54) is 18.7 Å². The molecular formula is C9H5FN2O3. The van der Waals surface area contributed by atoms with Crippen molar-refractivity contribution in [1.82, 2.24) is 4.98 Å². The molecule has 0 bridgehead atoms. The zero-order chi connectivity index (χ0) is 10.8. The second-order valence-corrected chi connectivity index (χ2v) is 2.82. The molecule has 0 saturated heterocycles. The molecule has 2 rings (SSSR count). The highest BCUT2D eigenvalue weighted by Gasteiger charge is 2.12. The number of aromatic nitrogens is 1. The van der Waals surface area contributed by atoms with Crippen molar-refractivity contribution in [2.75, 3.05) is 0 Å². The lowest BCUT2D eigenvalue weighted by molar-refractivity contribution is -0.385. The molecule has 0 aliphatic rings. The van der Waals surface area contributed by atoms with E-state index >= 15 is 0 Å². The van der Waals surface area contributed by atoms with Gasteiger partial charge >= 0.3 is 0 Å². The molecule has 5 nitrogen and oxygen atoms in total. The number of benzene rings is 1. The van der Waals surface area contributed by atoms with Crippen LogP contribution >= 0.6 is 0 Å². The Bertz CT molecular complexity index is 496. The molecule has 0 atom stereocenters. The lowest BCUT2D eigenvalue weighted by Crippen LogP contribution is -1.90. The number of hydrogen-bond acceptors (Lipinski definition) is 4. The third kappa shape index (κ3) is 1.83. The monoisotopic (exact) mass is 208 g/mol. The van der Waals surface area contributed by atoms with Crippen molar-refractivity contribution in [3.8, 4) is 11.3 Å². The summed E-state index contributed by atoms with van der Waals surface area (Å²) in [5, 5.41) is 10.5. The van der Waals surface area contributed by atoms with Gasteiger partial charge in [-0.1, -0.05) is 0 Å². The van der Waals surface area contributed by atoms with Gasteiger partial charge in [0.2, 0.25) is 0 Å². The Kier molecular flexibility index (Phi) is 2.17. The molecule has 1 aromatic heterocycles. The van der Waals surface area contributed by atoms with Crippen molar-refractivity contribution < 1.29 is 13.7 Å². The first-order chi connectivity index (χ1) is 7.16. The standard InChI is InChI=1S/C9H5FN2O3/c10-7-1-6(9-4-11-5-15-9)2-8(3-7)12(13)14/h1-5H. The largest absolute Gasteiger partial charge is 0.444 e. The first-order valence-electron chi connectivity index (χ1n) is 4.00. The van der Waals surface area contributed by atoms with E-state index in [-0.39, 0.29) is 11.4 Å². The van der Waals surface area contributed by atoms with E-state index in [0.29, 0.717) is 5.56 Å². The molecule has 6 heteroatoms. The quantitative estimate of drug-likeness (QED) is 0.561. The van der Waals surface area contributed by atoms with Gasteiger partial charge in [0.05, 0.1) is 17.2 Å². The van der Waals surface area contributed by atoms with Crippen LogP contribution in [0.2, 0.25) is 0 Å². The molecule has 76 valence electrons. The third-order valence-corrected chi connectivity index (χ3v) is 1.81. The van der Waals surface area contributed by atoms with Gasteiger partial charge in [0.1, 0.15) is 5.82 Å². The van der Waals surface area contributed by atoms with Crippen LogP contribution in [0.1, 0.15) is 0 Å². The molecule has 0 radical (unpaired) electrons. The number of hydrogen-bond donors (Lipinski definition) is 0. The summed E-state index contributed by atoms with van der Waals surface area (Å²) in [6, 6.07) is 3.22. The highest BCUT2D eigenvalue weighted by atomic mass is 19.1. The van der Waals surface area contributed by atoms with Gasteiger partial charge < -0.3 is 4.42 Å². The van der Waals surface area contributed by atoms with Gasteiger partial charge in [0.15, 0.2) is 12.2 Å². The van der Waals surface area contributed by atoms with Crippen LogP contribution in [-0.2, 0) is 0 Å². The second-order valence-electron chi connectivity index (χ2n) is 2.82.